The summed E-state index contributed by atoms with van der Waals surface area (Å²) in [4.78, 5) is 4.58. The summed E-state index contributed by atoms with van der Waals surface area (Å²) in [6.45, 7) is 6.15. The van der Waals surface area contributed by atoms with E-state index in [-0.39, 0.29) is 19.3 Å². The van der Waals surface area contributed by atoms with Gasteiger partial charge in [0.15, 0.2) is 17.5 Å². The lowest BCUT2D eigenvalue weighted by atomic mass is 10.2. The van der Waals surface area contributed by atoms with Crippen molar-refractivity contribution in [1.29, 1.82) is 0 Å². The molecule has 7 heteroatoms. The van der Waals surface area contributed by atoms with Crippen molar-refractivity contribution in [3.8, 4) is 11.5 Å². The molecular weight excluding hydrogens is 310 g/mol. The van der Waals surface area contributed by atoms with Crippen LogP contribution in [0.5, 0.6) is 11.5 Å². The predicted octanol–water partition coefficient (Wildman–Crippen LogP) is 1.16. The zero-order valence-electron chi connectivity index (χ0n) is 15.0. The molecule has 0 amide bonds. The number of ether oxygens (including phenoxy) is 3. The molecule has 1 rings (SSSR count). The number of aliphatic hydroxyl groups is 1. The second kappa shape index (κ2) is 11.5. The average Bonchev–Trinajstić information content (AvgIpc) is 2.58. The van der Waals surface area contributed by atoms with E-state index in [0.29, 0.717) is 24.7 Å². The average molecular weight is 339 g/mol. The van der Waals surface area contributed by atoms with Gasteiger partial charge in [-0.05, 0) is 31.5 Å². The Balaban J connectivity index is 2.77. The Morgan fingerprint density at radius 3 is 2.71 bits per heavy atom. The largest absolute Gasteiger partial charge is 0.493 e. The number of aliphatic hydroxyl groups excluding tert-OH is 1. The molecule has 0 aliphatic rings. The minimum Gasteiger partial charge on any atom is -0.493 e. The van der Waals surface area contributed by atoms with E-state index >= 15 is 0 Å². The highest BCUT2D eigenvalue weighted by Gasteiger charge is 2.07. The fraction of sp³-hybridized carbons (Fsp3) is 0.588. The smallest absolute Gasteiger partial charge is 0.191 e. The van der Waals surface area contributed by atoms with Crippen LogP contribution in [-0.4, -0.2) is 57.7 Å². The van der Waals surface area contributed by atoms with E-state index in [2.05, 4.69) is 15.6 Å². The SMILES string of the molecule is CCNC(=NCc1ccc(OCCO)c(OC)c1)NC(C)COC. The first-order valence-corrected chi connectivity index (χ1v) is 8.08. The Hall–Kier alpha value is -1.99. The zero-order chi connectivity index (χ0) is 17.8. The summed E-state index contributed by atoms with van der Waals surface area (Å²) < 4.78 is 15.9. The molecule has 1 unspecified atom stereocenters. The minimum atomic E-state index is -0.0351. The summed E-state index contributed by atoms with van der Waals surface area (Å²) in [6, 6.07) is 5.81. The van der Waals surface area contributed by atoms with Gasteiger partial charge >= 0.3 is 0 Å². The third-order valence-corrected chi connectivity index (χ3v) is 3.14. The Bertz CT molecular complexity index is 509. The molecule has 136 valence electrons. The summed E-state index contributed by atoms with van der Waals surface area (Å²) in [5.41, 5.74) is 1.000. The van der Waals surface area contributed by atoms with Gasteiger partial charge in [0.05, 0.1) is 26.9 Å². The van der Waals surface area contributed by atoms with Gasteiger partial charge in [0, 0.05) is 19.7 Å². The van der Waals surface area contributed by atoms with Crippen LogP contribution in [0.25, 0.3) is 0 Å². The highest BCUT2D eigenvalue weighted by molar-refractivity contribution is 5.80. The van der Waals surface area contributed by atoms with Gasteiger partial charge in [-0.25, -0.2) is 4.99 Å². The maximum absolute atomic E-state index is 8.85. The number of aliphatic imine (C=N–C) groups is 1. The van der Waals surface area contributed by atoms with Gasteiger partial charge in [-0.3, -0.25) is 0 Å². The van der Waals surface area contributed by atoms with Crippen LogP contribution in [-0.2, 0) is 11.3 Å². The third-order valence-electron chi connectivity index (χ3n) is 3.14. The monoisotopic (exact) mass is 339 g/mol. The number of hydrogen-bond acceptors (Lipinski definition) is 5. The van der Waals surface area contributed by atoms with E-state index in [0.717, 1.165) is 18.1 Å². The van der Waals surface area contributed by atoms with E-state index in [9.17, 15) is 0 Å². The molecule has 3 N–H and O–H groups in total. The van der Waals surface area contributed by atoms with Crippen molar-refractivity contribution in [1.82, 2.24) is 10.6 Å². The predicted molar refractivity (Wildman–Crippen MR) is 94.9 cm³/mol. The molecule has 1 aromatic rings. The van der Waals surface area contributed by atoms with Crippen LogP contribution >= 0.6 is 0 Å². The van der Waals surface area contributed by atoms with Crippen LogP contribution in [0.1, 0.15) is 19.4 Å². The van der Waals surface area contributed by atoms with Gasteiger partial charge in [-0.2, -0.15) is 0 Å². The van der Waals surface area contributed by atoms with E-state index in [1.165, 1.54) is 0 Å². The molecule has 1 atom stereocenters. The van der Waals surface area contributed by atoms with Crippen LogP contribution in [0.4, 0.5) is 0 Å². The van der Waals surface area contributed by atoms with Crippen LogP contribution in [0.3, 0.4) is 0 Å². The molecule has 0 aliphatic carbocycles. The summed E-state index contributed by atoms with van der Waals surface area (Å²) >= 11 is 0. The first-order valence-electron chi connectivity index (χ1n) is 8.08. The van der Waals surface area contributed by atoms with Crippen molar-refractivity contribution in [2.24, 2.45) is 4.99 Å². The molecular formula is C17H29N3O4. The lowest BCUT2D eigenvalue weighted by Gasteiger charge is -2.17. The lowest BCUT2D eigenvalue weighted by molar-refractivity contribution is 0.179. The van der Waals surface area contributed by atoms with Crippen LogP contribution in [0.2, 0.25) is 0 Å². The number of hydrogen-bond donors (Lipinski definition) is 3. The second-order valence-corrected chi connectivity index (χ2v) is 5.25. The van der Waals surface area contributed by atoms with Gasteiger partial charge < -0.3 is 30.0 Å². The molecule has 0 fully saturated rings. The molecule has 0 saturated heterocycles. The molecule has 0 spiro atoms. The Morgan fingerprint density at radius 1 is 1.29 bits per heavy atom. The maximum Gasteiger partial charge on any atom is 0.191 e. The quantitative estimate of drug-likeness (QED) is 0.438. The first-order chi connectivity index (χ1) is 11.6. The van der Waals surface area contributed by atoms with E-state index in [1.807, 2.05) is 32.0 Å². The van der Waals surface area contributed by atoms with Crippen LogP contribution in [0, 0.1) is 0 Å². The van der Waals surface area contributed by atoms with Crippen molar-refractivity contribution >= 4 is 5.96 Å². The van der Waals surface area contributed by atoms with Crippen LogP contribution in [0.15, 0.2) is 23.2 Å². The first kappa shape index (κ1) is 20.1. The molecule has 7 nitrogen and oxygen atoms in total. The number of rotatable bonds is 10. The molecule has 0 radical (unpaired) electrons. The maximum atomic E-state index is 8.85. The molecule has 24 heavy (non-hydrogen) atoms. The van der Waals surface area contributed by atoms with Crippen molar-refractivity contribution in [3.63, 3.8) is 0 Å². The van der Waals surface area contributed by atoms with Gasteiger partial charge in [0.1, 0.15) is 6.61 Å². The van der Waals surface area contributed by atoms with Crippen molar-refractivity contribution < 1.29 is 19.3 Å². The summed E-state index contributed by atoms with van der Waals surface area (Å²) in [5, 5.41) is 15.3. The fourth-order valence-electron chi connectivity index (χ4n) is 2.10. The molecule has 0 bridgehead atoms. The van der Waals surface area contributed by atoms with Gasteiger partial charge in [0.2, 0.25) is 0 Å². The van der Waals surface area contributed by atoms with Crippen molar-refractivity contribution in [2.75, 3.05) is 40.6 Å². The van der Waals surface area contributed by atoms with Crippen molar-refractivity contribution in [3.05, 3.63) is 23.8 Å². The topological polar surface area (TPSA) is 84.3 Å². The molecule has 0 aliphatic heterocycles. The standard InChI is InChI=1S/C17H29N3O4/c1-5-18-17(20-13(2)12-22-3)19-11-14-6-7-15(24-9-8-21)16(10-14)23-4/h6-7,10,13,21H,5,8-9,11-12H2,1-4H3,(H2,18,19,20). The summed E-state index contributed by atoms with van der Waals surface area (Å²) in [6.07, 6.45) is 0. The molecule has 0 heterocycles. The van der Waals surface area contributed by atoms with Gasteiger partial charge in [-0.1, -0.05) is 6.07 Å². The number of guanidine groups is 1. The Labute approximate surface area is 144 Å². The molecule has 0 aromatic heterocycles. The highest BCUT2D eigenvalue weighted by atomic mass is 16.5. The Kier molecular flexibility index (Phi) is 9.64. The highest BCUT2D eigenvalue weighted by Crippen LogP contribution is 2.28. The number of methoxy groups -OCH3 is 2. The lowest BCUT2D eigenvalue weighted by Crippen LogP contribution is -2.43. The molecule has 0 saturated carbocycles. The van der Waals surface area contributed by atoms with E-state index in [1.54, 1.807) is 14.2 Å². The minimum absolute atomic E-state index is 0.0351. The van der Waals surface area contributed by atoms with E-state index in [4.69, 9.17) is 19.3 Å². The van der Waals surface area contributed by atoms with Gasteiger partial charge in [-0.15, -0.1) is 0 Å². The van der Waals surface area contributed by atoms with Gasteiger partial charge in [0.25, 0.3) is 0 Å². The fourth-order valence-corrected chi connectivity index (χ4v) is 2.10. The third kappa shape index (κ3) is 7.06. The normalized spacial score (nSPS) is 12.6. The number of benzene rings is 1. The number of nitrogens with one attached hydrogen (secondary N) is 2. The second-order valence-electron chi connectivity index (χ2n) is 5.25. The summed E-state index contributed by atoms with van der Waals surface area (Å²) in [5.74, 6) is 1.97. The van der Waals surface area contributed by atoms with Crippen molar-refractivity contribution in [2.45, 2.75) is 26.4 Å². The molecule has 1 aromatic carbocycles. The van der Waals surface area contributed by atoms with E-state index < -0.39 is 0 Å². The van der Waals surface area contributed by atoms with Crippen LogP contribution < -0.4 is 20.1 Å². The zero-order valence-corrected chi connectivity index (χ0v) is 15.0. The Morgan fingerprint density at radius 2 is 2.08 bits per heavy atom. The number of nitrogens with zero attached hydrogens (tertiary/aromatic N) is 1. The summed E-state index contributed by atoms with van der Waals surface area (Å²) in [7, 11) is 3.27.